The standard InChI is InChI=1S/C29H32FN3O2/c1-19-7-9-22(10-8-19)32-11-13-33(14-12-32)23-6-4-5-20(15-23)26-18-29(2,3)25-17-21(30)16-24(28(34)35)27(25)31-26/h4-10,15-17,26,31H,11-14,18H2,1-3H3,(H,34,35). The lowest BCUT2D eigenvalue weighted by molar-refractivity contribution is 0.0697. The van der Waals surface area contributed by atoms with Crippen molar-refractivity contribution < 1.29 is 14.3 Å². The van der Waals surface area contributed by atoms with Crippen molar-refractivity contribution in [2.24, 2.45) is 0 Å². The molecule has 3 aromatic rings. The number of carboxylic acids is 1. The van der Waals surface area contributed by atoms with E-state index in [-0.39, 0.29) is 17.0 Å². The Morgan fingerprint density at radius 3 is 2.29 bits per heavy atom. The van der Waals surface area contributed by atoms with E-state index in [1.54, 1.807) is 0 Å². The van der Waals surface area contributed by atoms with E-state index < -0.39 is 11.8 Å². The molecule has 0 saturated carbocycles. The predicted octanol–water partition coefficient (Wildman–Crippen LogP) is 5.99. The van der Waals surface area contributed by atoms with Crippen molar-refractivity contribution in [1.82, 2.24) is 0 Å². The van der Waals surface area contributed by atoms with E-state index in [9.17, 15) is 14.3 Å². The van der Waals surface area contributed by atoms with Crippen LogP contribution in [0.4, 0.5) is 21.5 Å². The molecule has 0 amide bonds. The highest BCUT2D eigenvalue weighted by Gasteiger charge is 2.36. The van der Waals surface area contributed by atoms with E-state index in [4.69, 9.17) is 0 Å². The van der Waals surface area contributed by atoms with E-state index in [1.807, 2.05) is 0 Å². The molecule has 2 aliphatic heterocycles. The quantitative estimate of drug-likeness (QED) is 0.487. The Kier molecular flexibility index (Phi) is 5.91. The molecule has 0 spiro atoms. The Balaban J connectivity index is 1.36. The maximum absolute atomic E-state index is 14.2. The predicted molar refractivity (Wildman–Crippen MR) is 139 cm³/mol. The van der Waals surface area contributed by atoms with Crippen LogP contribution in [-0.4, -0.2) is 37.3 Å². The van der Waals surface area contributed by atoms with E-state index in [2.05, 4.69) is 84.4 Å². The number of anilines is 3. The van der Waals surface area contributed by atoms with Crippen molar-refractivity contribution in [3.8, 4) is 0 Å². The minimum atomic E-state index is -1.12. The number of nitrogens with zero attached hydrogens (tertiary/aromatic N) is 2. The second-order valence-corrected chi connectivity index (χ2v) is 10.4. The lowest BCUT2D eigenvalue weighted by Crippen LogP contribution is -2.46. The molecule has 3 aromatic carbocycles. The third-order valence-electron chi connectivity index (χ3n) is 7.41. The Morgan fingerprint density at radius 2 is 1.63 bits per heavy atom. The number of halogens is 1. The van der Waals surface area contributed by atoms with Gasteiger partial charge in [0.25, 0.3) is 0 Å². The molecular formula is C29H32FN3O2. The highest BCUT2D eigenvalue weighted by Crippen LogP contribution is 2.46. The Bertz CT molecular complexity index is 1250. The maximum Gasteiger partial charge on any atom is 0.337 e. The first-order valence-corrected chi connectivity index (χ1v) is 12.2. The van der Waals surface area contributed by atoms with Gasteiger partial charge in [-0.25, -0.2) is 9.18 Å². The van der Waals surface area contributed by atoms with Gasteiger partial charge in [0.2, 0.25) is 0 Å². The fourth-order valence-corrected chi connectivity index (χ4v) is 5.43. The molecule has 1 fully saturated rings. The SMILES string of the molecule is Cc1ccc(N2CCN(c3cccc(C4CC(C)(C)c5cc(F)cc(C(=O)O)c5N4)c3)CC2)cc1. The average Bonchev–Trinajstić information content (AvgIpc) is 2.84. The maximum atomic E-state index is 14.2. The van der Waals surface area contributed by atoms with Crippen LogP contribution < -0.4 is 15.1 Å². The topological polar surface area (TPSA) is 55.8 Å². The number of piperazine rings is 1. The van der Waals surface area contributed by atoms with Gasteiger partial charge in [-0.05, 0) is 66.3 Å². The normalized spacial score (nSPS) is 19.1. The second kappa shape index (κ2) is 8.91. The van der Waals surface area contributed by atoms with Crippen molar-refractivity contribution in [2.45, 2.75) is 38.6 Å². The molecule has 0 bridgehead atoms. The summed E-state index contributed by atoms with van der Waals surface area (Å²) in [4.78, 5) is 16.7. The number of benzene rings is 3. The Labute approximate surface area is 206 Å². The van der Waals surface area contributed by atoms with Gasteiger partial charge in [-0.15, -0.1) is 0 Å². The molecule has 182 valence electrons. The molecule has 35 heavy (non-hydrogen) atoms. The summed E-state index contributed by atoms with van der Waals surface area (Å²) in [6, 6.07) is 19.7. The molecule has 2 N–H and O–H groups in total. The zero-order valence-corrected chi connectivity index (χ0v) is 20.5. The van der Waals surface area contributed by atoms with E-state index in [1.165, 1.54) is 23.0 Å². The molecule has 1 unspecified atom stereocenters. The monoisotopic (exact) mass is 473 g/mol. The van der Waals surface area contributed by atoms with E-state index >= 15 is 0 Å². The van der Waals surface area contributed by atoms with Gasteiger partial charge < -0.3 is 20.2 Å². The highest BCUT2D eigenvalue weighted by atomic mass is 19.1. The summed E-state index contributed by atoms with van der Waals surface area (Å²) >= 11 is 0. The number of aryl methyl sites for hydroxylation is 1. The van der Waals surface area contributed by atoms with Gasteiger partial charge in [-0.2, -0.15) is 0 Å². The molecule has 1 atom stereocenters. The number of fused-ring (bicyclic) bond motifs is 1. The molecule has 0 aromatic heterocycles. The fourth-order valence-electron chi connectivity index (χ4n) is 5.43. The summed E-state index contributed by atoms with van der Waals surface area (Å²) < 4.78 is 14.2. The summed E-state index contributed by atoms with van der Waals surface area (Å²) in [5, 5.41) is 13.1. The van der Waals surface area contributed by atoms with Gasteiger partial charge in [0.05, 0.1) is 17.3 Å². The third kappa shape index (κ3) is 4.57. The smallest absolute Gasteiger partial charge is 0.337 e. The number of aromatic carboxylic acids is 1. The van der Waals surface area contributed by atoms with Crippen molar-refractivity contribution in [3.63, 3.8) is 0 Å². The Morgan fingerprint density at radius 1 is 0.971 bits per heavy atom. The van der Waals surface area contributed by atoms with Crippen LogP contribution in [0.3, 0.4) is 0 Å². The van der Waals surface area contributed by atoms with Crippen LogP contribution in [0, 0.1) is 12.7 Å². The molecule has 0 aliphatic carbocycles. The minimum Gasteiger partial charge on any atom is -0.478 e. The summed E-state index contributed by atoms with van der Waals surface area (Å²) in [5.74, 6) is -1.63. The second-order valence-electron chi connectivity index (χ2n) is 10.4. The molecule has 2 heterocycles. The summed E-state index contributed by atoms with van der Waals surface area (Å²) in [6.45, 7) is 10.0. The number of rotatable bonds is 4. The van der Waals surface area contributed by atoms with Gasteiger partial charge in [-0.3, -0.25) is 0 Å². The first-order valence-electron chi connectivity index (χ1n) is 12.2. The van der Waals surface area contributed by atoms with Crippen molar-refractivity contribution >= 4 is 23.0 Å². The zero-order valence-electron chi connectivity index (χ0n) is 20.5. The summed E-state index contributed by atoms with van der Waals surface area (Å²) in [6.07, 6.45) is 0.743. The van der Waals surface area contributed by atoms with E-state index in [0.29, 0.717) is 5.69 Å². The molecular weight excluding hydrogens is 441 g/mol. The lowest BCUT2D eigenvalue weighted by atomic mass is 9.73. The van der Waals surface area contributed by atoms with Crippen molar-refractivity contribution in [2.75, 3.05) is 41.3 Å². The number of hydrogen-bond acceptors (Lipinski definition) is 4. The number of carbonyl (C=O) groups is 1. The molecule has 5 rings (SSSR count). The minimum absolute atomic E-state index is 0.0128. The zero-order chi connectivity index (χ0) is 24.7. The number of nitrogens with one attached hydrogen (secondary N) is 1. The highest BCUT2D eigenvalue weighted by molar-refractivity contribution is 5.95. The third-order valence-corrected chi connectivity index (χ3v) is 7.41. The van der Waals surface area contributed by atoms with Gasteiger partial charge in [0, 0.05) is 37.6 Å². The van der Waals surface area contributed by atoms with Gasteiger partial charge in [0.15, 0.2) is 0 Å². The van der Waals surface area contributed by atoms with Crippen LogP contribution in [0.1, 0.15) is 53.4 Å². The van der Waals surface area contributed by atoms with Crippen LogP contribution in [-0.2, 0) is 5.41 Å². The van der Waals surface area contributed by atoms with Gasteiger partial charge >= 0.3 is 5.97 Å². The molecule has 6 heteroatoms. The van der Waals surface area contributed by atoms with Crippen molar-refractivity contribution in [3.05, 3.63) is 88.7 Å². The van der Waals surface area contributed by atoms with Crippen molar-refractivity contribution in [1.29, 1.82) is 0 Å². The fraction of sp³-hybridized carbons (Fsp3) is 0.345. The molecule has 0 radical (unpaired) electrons. The van der Waals surface area contributed by atoms with Crippen LogP contribution in [0.2, 0.25) is 0 Å². The van der Waals surface area contributed by atoms with Crippen LogP contribution in [0.15, 0.2) is 60.7 Å². The van der Waals surface area contributed by atoms with Crippen LogP contribution in [0.5, 0.6) is 0 Å². The largest absolute Gasteiger partial charge is 0.478 e. The number of hydrogen-bond donors (Lipinski definition) is 2. The molecule has 5 nitrogen and oxygen atoms in total. The van der Waals surface area contributed by atoms with Gasteiger partial charge in [0.1, 0.15) is 5.82 Å². The first kappa shape index (κ1) is 23.2. The lowest BCUT2D eigenvalue weighted by Gasteiger charge is -2.40. The van der Waals surface area contributed by atoms with Crippen LogP contribution in [0.25, 0.3) is 0 Å². The molecule has 1 saturated heterocycles. The number of carboxylic acid groups (broad SMARTS) is 1. The summed E-state index contributed by atoms with van der Waals surface area (Å²) in [5.41, 5.74) is 5.69. The molecule has 2 aliphatic rings. The van der Waals surface area contributed by atoms with Gasteiger partial charge in [-0.1, -0.05) is 43.7 Å². The Hall–Kier alpha value is -3.54. The average molecular weight is 474 g/mol. The van der Waals surface area contributed by atoms with Crippen LogP contribution >= 0.6 is 0 Å². The summed E-state index contributed by atoms with van der Waals surface area (Å²) in [7, 11) is 0. The van der Waals surface area contributed by atoms with E-state index in [0.717, 1.165) is 49.8 Å². The first-order chi connectivity index (χ1) is 16.7.